The van der Waals surface area contributed by atoms with Gasteiger partial charge in [-0.15, -0.1) is 0 Å². The predicted octanol–water partition coefficient (Wildman–Crippen LogP) is 2.29. The van der Waals surface area contributed by atoms with Crippen LogP contribution >= 0.6 is 0 Å². The molecule has 1 aliphatic carbocycles. The fourth-order valence-electron chi connectivity index (χ4n) is 2.88. The molecule has 0 amide bonds. The van der Waals surface area contributed by atoms with Crippen molar-refractivity contribution in [3.05, 3.63) is 11.1 Å². The molecule has 68 valence electrons. The van der Waals surface area contributed by atoms with Crippen molar-refractivity contribution in [2.24, 2.45) is 11.8 Å². The van der Waals surface area contributed by atoms with Gasteiger partial charge in [-0.3, -0.25) is 0 Å². The number of likely N-dealkylation sites (N-methyl/N-ethyl adjacent to an activating group) is 1. The Kier molecular flexibility index (Phi) is 1.99. The van der Waals surface area contributed by atoms with E-state index in [1.54, 1.807) is 11.1 Å². The zero-order valence-electron chi connectivity index (χ0n) is 8.43. The number of nitrogens with zero attached hydrogens (tertiary/aromatic N) is 1. The molecule has 0 unspecified atom stereocenters. The quantitative estimate of drug-likeness (QED) is 0.498. The summed E-state index contributed by atoms with van der Waals surface area (Å²) in [4.78, 5) is 2.46. The molecule has 1 heteroatoms. The maximum Gasteiger partial charge on any atom is 0.0195 e. The van der Waals surface area contributed by atoms with Crippen LogP contribution in [0.2, 0.25) is 0 Å². The fraction of sp³-hybridized carbons (Fsp3) is 0.818. The molecule has 2 rings (SSSR count). The van der Waals surface area contributed by atoms with Crippen LogP contribution in [-0.4, -0.2) is 25.0 Å². The second-order valence-electron chi connectivity index (χ2n) is 4.62. The highest BCUT2D eigenvalue weighted by Gasteiger charge is 2.32. The molecule has 0 aromatic rings. The van der Waals surface area contributed by atoms with Gasteiger partial charge in [0.05, 0.1) is 0 Å². The number of hydrogen-bond donors (Lipinski definition) is 0. The Morgan fingerprint density at radius 2 is 2.17 bits per heavy atom. The van der Waals surface area contributed by atoms with Gasteiger partial charge in [0, 0.05) is 13.1 Å². The highest BCUT2D eigenvalue weighted by Crippen LogP contribution is 2.39. The molecular formula is C11H19N. The number of hydrogen-bond acceptors (Lipinski definition) is 1. The first kappa shape index (κ1) is 8.31. The first-order chi connectivity index (χ1) is 5.68. The van der Waals surface area contributed by atoms with E-state index in [0.717, 1.165) is 11.8 Å². The lowest BCUT2D eigenvalue weighted by atomic mass is 9.84. The molecule has 0 saturated carbocycles. The summed E-state index contributed by atoms with van der Waals surface area (Å²) in [6.45, 7) is 7.25. The SMILES string of the molecule is CC1=C2CN(C)C[C@H](C)[C@@H]2CC1. The molecule has 0 bridgehead atoms. The second-order valence-corrected chi connectivity index (χ2v) is 4.62. The van der Waals surface area contributed by atoms with Gasteiger partial charge >= 0.3 is 0 Å². The highest BCUT2D eigenvalue weighted by molar-refractivity contribution is 5.25. The molecule has 0 spiro atoms. The van der Waals surface area contributed by atoms with Crippen LogP contribution < -0.4 is 0 Å². The third-order valence-corrected chi connectivity index (χ3v) is 3.55. The minimum atomic E-state index is 0.885. The monoisotopic (exact) mass is 165 g/mol. The highest BCUT2D eigenvalue weighted by atomic mass is 15.1. The van der Waals surface area contributed by atoms with Gasteiger partial charge in [0.1, 0.15) is 0 Å². The van der Waals surface area contributed by atoms with E-state index < -0.39 is 0 Å². The van der Waals surface area contributed by atoms with E-state index in [1.807, 2.05) is 0 Å². The molecule has 0 radical (unpaired) electrons. The fourth-order valence-corrected chi connectivity index (χ4v) is 2.88. The van der Waals surface area contributed by atoms with Gasteiger partial charge in [-0.1, -0.05) is 18.1 Å². The van der Waals surface area contributed by atoms with E-state index in [2.05, 4.69) is 25.8 Å². The molecule has 1 fully saturated rings. The van der Waals surface area contributed by atoms with Gasteiger partial charge in [0.25, 0.3) is 0 Å². The topological polar surface area (TPSA) is 3.24 Å². The van der Waals surface area contributed by atoms with Crippen LogP contribution in [-0.2, 0) is 0 Å². The normalized spacial score (nSPS) is 37.2. The summed E-state index contributed by atoms with van der Waals surface area (Å²) in [5.74, 6) is 1.82. The molecule has 2 aliphatic rings. The van der Waals surface area contributed by atoms with Crippen molar-refractivity contribution in [1.82, 2.24) is 4.90 Å². The molecule has 1 nitrogen and oxygen atoms in total. The molecule has 0 N–H and O–H groups in total. The van der Waals surface area contributed by atoms with Crippen molar-refractivity contribution in [3.63, 3.8) is 0 Å². The van der Waals surface area contributed by atoms with Crippen LogP contribution in [0.4, 0.5) is 0 Å². The summed E-state index contributed by atoms with van der Waals surface area (Å²) in [7, 11) is 2.24. The Bertz CT molecular complexity index is 217. The van der Waals surface area contributed by atoms with E-state index in [1.165, 1.54) is 25.9 Å². The van der Waals surface area contributed by atoms with Crippen molar-refractivity contribution in [2.75, 3.05) is 20.1 Å². The summed E-state index contributed by atoms with van der Waals surface area (Å²) < 4.78 is 0. The number of likely N-dealkylation sites (tertiary alicyclic amines) is 1. The minimum Gasteiger partial charge on any atom is -0.302 e. The van der Waals surface area contributed by atoms with Crippen LogP contribution in [0.5, 0.6) is 0 Å². The average Bonchev–Trinajstić information content (AvgIpc) is 2.33. The van der Waals surface area contributed by atoms with Gasteiger partial charge in [-0.05, 0) is 38.6 Å². The van der Waals surface area contributed by atoms with E-state index in [4.69, 9.17) is 0 Å². The van der Waals surface area contributed by atoms with Crippen molar-refractivity contribution in [1.29, 1.82) is 0 Å². The van der Waals surface area contributed by atoms with E-state index in [0.29, 0.717) is 0 Å². The Morgan fingerprint density at radius 3 is 2.92 bits per heavy atom. The van der Waals surface area contributed by atoms with Gasteiger partial charge < -0.3 is 4.90 Å². The first-order valence-corrected chi connectivity index (χ1v) is 5.05. The van der Waals surface area contributed by atoms with E-state index in [9.17, 15) is 0 Å². The lowest BCUT2D eigenvalue weighted by Crippen LogP contribution is -2.37. The van der Waals surface area contributed by atoms with E-state index in [-0.39, 0.29) is 0 Å². The van der Waals surface area contributed by atoms with Crippen molar-refractivity contribution in [2.45, 2.75) is 26.7 Å². The molecule has 1 saturated heterocycles. The van der Waals surface area contributed by atoms with Crippen LogP contribution in [0.3, 0.4) is 0 Å². The average molecular weight is 165 g/mol. The largest absolute Gasteiger partial charge is 0.302 e. The third kappa shape index (κ3) is 1.20. The number of allylic oxidation sites excluding steroid dienone is 1. The Balaban J connectivity index is 2.22. The summed E-state index contributed by atoms with van der Waals surface area (Å²) in [6.07, 6.45) is 2.79. The second kappa shape index (κ2) is 2.88. The number of rotatable bonds is 0. The molecule has 2 atom stereocenters. The Hall–Kier alpha value is -0.300. The number of piperidine rings is 1. The predicted molar refractivity (Wildman–Crippen MR) is 52.1 cm³/mol. The lowest BCUT2D eigenvalue weighted by molar-refractivity contribution is 0.212. The molecular weight excluding hydrogens is 146 g/mol. The molecule has 1 aliphatic heterocycles. The summed E-state index contributed by atoms with van der Waals surface area (Å²) in [5.41, 5.74) is 3.44. The van der Waals surface area contributed by atoms with Crippen LogP contribution in [0.1, 0.15) is 26.7 Å². The Labute approximate surface area is 75.4 Å². The number of fused-ring (bicyclic) bond motifs is 1. The van der Waals surface area contributed by atoms with Crippen LogP contribution in [0.25, 0.3) is 0 Å². The maximum absolute atomic E-state index is 2.46. The standard InChI is InChI=1S/C11H19N/c1-8-4-5-10-9(2)6-12(3)7-11(8)10/h9-10H,4-7H2,1-3H3/t9-,10-/m0/s1. The lowest BCUT2D eigenvalue weighted by Gasteiger charge is -2.35. The zero-order valence-corrected chi connectivity index (χ0v) is 8.43. The third-order valence-electron chi connectivity index (χ3n) is 3.55. The molecule has 1 heterocycles. The Morgan fingerprint density at radius 1 is 1.42 bits per heavy atom. The van der Waals surface area contributed by atoms with Gasteiger partial charge in [-0.2, -0.15) is 0 Å². The van der Waals surface area contributed by atoms with Gasteiger partial charge in [0.2, 0.25) is 0 Å². The first-order valence-electron chi connectivity index (χ1n) is 5.05. The van der Waals surface area contributed by atoms with Crippen molar-refractivity contribution < 1.29 is 0 Å². The minimum absolute atomic E-state index is 0.885. The molecule has 0 aromatic carbocycles. The zero-order chi connectivity index (χ0) is 8.72. The maximum atomic E-state index is 2.46. The summed E-state index contributed by atoms with van der Waals surface area (Å²) >= 11 is 0. The summed E-state index contributed by atoms with van der Waals surface area (Å²) in [6, 6.07) is 0. The van der Waals surface area contributed by atoms with Crippen LogP contribution in [0, 0.1) is 11.8 Å². The van der Waals surface area contributed by atoms with E-state index >= 15 is 0 Å². The van der Waals surface area contributed by atoms with Crippen LogP contribution in [0.15, 0.2) is 11.1 Å². The smallest absolute Gasteiger partial charge is 0.0195 e. The van der Waals surface area contributed by atoms with Gasteiger partial charge in [-0.25, -0.2) is 0 Å². The van der Waals surface area contributed by atoms with Gasteiger partial charge in [0.15, 0.2) is 0 Å². The van der Waals surface area contributed by atoms with Crippen molar-refractivity contribution in [3.8, 4) is 0 Å². The van der Waals surface area contributed by atoms with Crippen molar-refractivity contribution >= 4 is 0 Å². The summed E-state index contributed by atoms with van der Waals surface area (Å²) in [5, 5.41) is 0. The molecule has 0 aromatic heterocycles. The molecule has 12 heavy (non-hydrogen) atoms.